The summed E-state index contributed by atoms with van der Waals surface area (Å²) in [6.45, 7) is 6.82. The fraction of sp³-hybridized carbons (Fsp3) is 0.556. The van der Waals surface area contributed by atoms with Crippen molar-refractivity contribution in [3.63, 3.8) is 0 Å². The summed E-state index contributed by atoms with van der Waals surface area (Å²) in [5.41, 5.74) is 2.31. The second-order valence-corrected chi connectivity index (χ2v) is 5.84. The molecule has 1 aliphatic carbocycles. The Morgan fingerprint density at radius 2 is 1.90 bits per heavy atom. The molecule has 0 aromatic heterocycles. The third-order valence-corrected chi connectivity index (χ3v) is 2.47. The molecule has 0 aromatic carbocycles. The SMILES string of the molecule is CC(C)(C)[Si]/C=C\C1C=C1. The van der Waals surface area contributed by atoms with Crippen LogP contribution >= 0.6 is 0 Å². The quantitative estimate of drug-likeness (QED) is 0.419. The molecule has 0 amide bonds. The highest BCUT2D eigenvalue weighted by molar-refractivity contribution is 6.45. The molecule has 1 rings (SSSR count). The summed E-state index contributed by atoms with van der Waals surface area (Å²) < 4.78 is 0. The Labute approximate surface area is 65.8 Å². The molecule has 2 radical (unpaired) electrons. The van der Waals surface area contributed by atoms with Gasteiger partial charge in [0.15, 0.2) is 0 Å². The Hall–Kier alpha value is -0.303. The van der Waals surface area contributed by atoms with Crippen LogP contribution in [0.4, 0.5) is 0 Å². The highest BCUT2D eigenvalue weighted by Crippen LogP contribution is 2.22. The number of allylic oxidation sites excluding steroid dienone is 3. The van der Waals surface area contributed by atoms with Crippen molar-refractivity contribution in [3.05, 3.63) is 23.9 Å². The first-order chi connectivity index (χ1) is 4.58. The highest BCUT2D eigenvalue weighted by atomic mass is 28.2. The van der Waals surface area contributed by atoms with Crippen molar-refractivity contribution in [1.29, 1.82) is 0 Å². The topological polar surface area (TPSA) is 0 Å². The molecule has 0 atom stereocenters. The van der Waals surface area contributed by atoms with Gasteiger partial charge in [-0.2, -0.15) is 0 Å². The molecule has 1 aliphatic rings. The molecule has 54 valence electrons. The molecular formula is C9H14Si. The third kappa shape index (κ3) is 3.67. The van der Waals surface area contributed by atoms with E-state index in [1.54, 1.807) is 0 Å². The van der Waals surface area contributed by atoms with Gasteiger partial charge < -0.3 is 0 Å². The zero-order chi connectivity index (χ0) is 7.61. The van der Waals surface area contributed by atoms with Crippen LogP contribution in [0.5, 0.6) is 0 Å². The minimum Gasteiger partial charge on any atom is -0.101 e. The van der Waals surface area contributed by atoms with Gasteiger partial charge in [0.1, 0.15) is 0 Å². The van der Waals surface area contributed by atoms with Crippen molar-refractivity contribution in [2.24, 2.45) is 5.92 Å². The zero-order valence-electron chi connectivity index (χ0n) is 6.89. The highest BCUT2D eigenvalue weighted by Gasteiger charge is 2.09. The summed E-state index contributed by atoms with van der Waals surface area (Å²) >= 11 is 0. The molecule has 0 aliphatic heterocycles. The van der Waals surface area contributed by atoms with Gasteiger partial charge in [0.25, 0.3) is 0 Å². The largest absolute Gasteiger partial charge is 0.101 e. The fourth-order valence-corrected chi connectivity index (χ4v) is 1.42. The molecule has 0 saturated carbocycles. The first-order valence-corrected chi connectivity index (χ1v) is 4.78. The second-order valence-electron chi connectivity index (χ2n) is 3.72. The van der Waals surface area contributed by atoms with Gasteiger partial charge in [0.2, 0.25) is 0 Å². The van der Waals surface area contributed by atoms with Gasteiger partial charge in [-0.15, -0.1) is 5.70 Å². The van der Waals surface area contributed by atoms with E-state index >= 15 is 0 Å². The lowest BCUT2D eigenvalue weighted by Crippen LogP contribution is -2.04. The van der Waals surface area contributed by atoms with Crippen LogP contribution in [0.3, 0.4) is 0 Å². The summed E-state index contributed by atoms with van der Waals surface area (Å²) in [6.07, 6.45) is 6.71. The van der Waals surface area contributed by atoms with Crippen LogP contribution in [0.1, 0.15) is 20.8 Å². The van der Waals surface area contributed by atoms with Gasteiger partial charge >= 0.3 is 0 Å². The number of hydrogen-bond donors (Lipinski definition) is 0. The van der Waals surface area contributed by atoms with Gasteiger partial charge in [0, 0.05) is 5.92 Å². The summed E-state index contributed by atoms with van der Waals surface area (Å²) in [5.74, 6) is 0.704. The normalized spacial score (nSPS) is 18.7. The van der Waals surface area contributed by atoms with Gasteiger partial charge in [0.05, 0.1) is 9.52 Å². The Morgan fingerprint density at radius 3 is 2.30 bits per heavy atom. The summed E-state index contributed by atoms with van der Waals surface area (Å²) in [6, 6.07) is 0. The molecule has 10 heavy (non-hydrogen) atoms. The average Bonchev–Trinajstić information content (AvgIpc) is 2.45. The van der Waals surface area contributed by atoms with Crippen molar-refractivity contribution in [3.8, 4) is 0 Å². The molecule has 0 unspecified atom stereocenters. The average molecular weight is 150 g/mol. The molecule has 0 N–H and O–H groups in total. The Morgan fingerprint density at radius 1 is 1.30 bits per heavy atom. The lowest BCUT2D eigenvalue weighted by atomic mass is 10.3. The maximum atomic E-state index is 2.31. The van der Waals surface area contributed by atoms with Gasteiger partial charge in [-0.1, -0.05) is 39.0 Å². The van der Waals surface area contributed by atoms with Crippen molar-refractivity contribution in [2.45, 2.75) is 25.8 Å². The molecule has 0 saturated heterocycles. The lowest BCUT2D eigenvalue weighted by Gasteiger charge is -2.12. The molecule has 0 aromatic rings. The molecular weight excluding hydrogens is 136 g/mol. The van der Waals surface area contributed by atoms with Gasteiger partial charge in [-0.05, 0) is 5.04 Å². The third-order valence-electron chi connectivity index (χ3n) is 1.25. The maximum absolute atomic E-state index is 2.31. The van der Waals surface area contributed by atoms with Gasteiger partial charge in [-0.3, -0.25) is 0 Å². The van der Waals surface area contributed by atoms with Crippen LogP contribution in [0.2, 0.25) is 5.04 Å². The van der Waals surface area contributed by atoms with Crippen molar-refractivity contribution in [1.82, 2.24) is 0 Å². The van der Waals surface area contributed by atoms with Crippen LogP contribution < -0.4 is 0 Å². The van der Waals surface area contributed by atoms with E-state index in [2.05, 4.69) is 44.7 Å². The number of hydrogen-bond acceptors (Lipinski definition) is 0. The van der Waals surface area contributed by atoms with Crippen LogP contribution in [0.15, 0.2) is 23.9 Å². The first kappa shape index (κ1) is 7.80. The summed E-state index contributed by atoms with van der Waals surface area (Å²) in [7, 11) is 0.954. The predicted octanol–water partition coefficient (Wildman–Crippen LogP) is 2.61. The standard InChI is InChI=1S/C9H14Si/c1-9(2,3)10-7-6-8-4-5-8/h4-8H,1-3H3/b7-6-. The van der Waals surface area contributed by atoms with E-state index in [-0.39, 0.29) is 0 Å². The van der Waals surface area contributed by atoms with E-state index in [1.807, 2.05) is 0 Å². The fourth-order valence-electron chi connectivity index (χ4n) is 0.602. The minimum atomic E-state index is 0.478. The Bertz CT molecular complexity index is 154. The van der Waals surface area contributed by atoms with Crippen LogP contribution in [0.25, 0.3) is 0 Å². The van der Waals surface area contributed by atoms with Gasteiger partial charge in [-0.25, -0.2) is 0 Å². The second kappa shape index (κ2) is 2.75. The first-order valence-electron chi connectivity index (χ1n) is 3.71. The van der Waals surface area contributed by atoms with Crippen LogP contribution in [-0.4, -0.2) is 9.52 Å². The van der Waals surface area contributed by atoms with E-state index in [1.165, 1.54) is 0 Å². The van der Waals surface area contributed by atoms with Crippen molar-refractivity contribution in [2.75, 3.05) is 0 Å². The van der Waals surface area contributed by atoms with Crippen molar-refractivity contribution < 1.29 is 0 Å². The minimum absolute atomic E-state index is 0.478. The monoisotopic (exact) mass is 150 g/mol. The molecule has 0 bridgehead atoms. The summed E-state index contributed by atoms with van der Waals surface area (Å²) in [5, 5.41) is 0.478. The smallest absolute Gasteiger partial charge is 0.0760 e. The Kier molecular flexibility index (Phi) is 2.14. The molecule has 0 heterocycles. The van der Waals surface area contributed by atoms with E-state index in [0.29, 0.717) is 11.0 Å². The summed E-state index contributed by atoms with van der Waals surface area (Å²) in [4.78, 5) is 0. The number of rotatable bonds is 2. The lowest BCUT2D eigenvalue weighted by molar-refractivity contribution is 0.758. The van der Waals surface area contributed by atoms with E-state index < -0.39 is 0 Å². The predicted molar refractivity (Wildman–Crippen MR) is 47.2 cm³/mol. The maximum Gasteiger partial charge on any atom is 0.0760 e. The molecule has 0 nitrogen and oxygen atoms in total. The molecule has 1 heteroatoms. The zero-order valence-corrected chi connectivity index (χ0v) is 7.89. The van der Waals surface area contributed by atoms with E-state index in [4.69, 9.17) is 0 Å². The van der Waals surface area contributed by atoms with E-state index in [9.17, 15) is 0 Å². The van der Waals surface area contributed by atoms with Crippen LogP contribution in [-0.2, 0) is 0 Å². The molecule has 0 spiro atoms. The van der Waals surface area contributed by atoms with Crippen molar-refractivity contribution >= 4 is 9.52 Å². The Balaban J connectivity index is 2.14. The van der Waals surface area contributed by atoms with Crippen LogP contribution in [0, 0.1) is 5.92 Å². The van der Waals surface area contributed by atoms with E-state index in [0.717, 1.165) is 9.52 Å². The molecule has 0 fully saturated rings.